The molecule has 4 aliphatic rings. The van der Waals surface area contributed by atoms with Crippen molar-refractivity contribution < 1.29 is 24.2 Å². The van der Waals surface area contributed by atoms with Gasteiger partial charge in [-0.05, 0) is 56.1 Å². The third-order valence-electron chi connectivity index (χ3n) is 8.62. The lowest BCUT2D eigenvalue weighted by atomic mass is 9.46. The molecule has 0 aromatic heterocycles. The molecule has 7 heteroatoms. The number of alkyl halides is 2. The fraction of sp³-hybridized carbons (Fsp3) is 0.696. The van der Waals surface area contributed by atoms with E-state index in [0.717, 1.165) is 18.4 Å². The van der Waals surface area contributed by atoms with Crippen LogP contribution in [-0.2, 0) is 19.1 Å². The lowest BCUT2D eigenvalue weighted by molar-refractivity contribution is -0.167. The van der Waals surface area contributed by atoms with E-state index in [1.807, 2.05) is 19.9 Å². The highest BCUT2D eigenvalue weighted by atomic mass is 35.5. The number of ether oxygens (including phenoxy) is 1. The summed E-state index contributed by atoms with van der Waals surface area (Å²) in [6, 6.07) is 0. The van der Waals surface area contributed by atoms with Crippen LogP contribution in [0.5, 0.6) is 0 Å². The van der Waals surface area contributed by atoms with Gasteiger partial charge in [0.15, 0.2) is 12.4 Å². The molecule has 0 spiro atoms. The molecule has 0 unspecified atom stereocenters. The van der Waals surface area contributed by atoms with Crippen molar-refractivity contribution in [3.05, 3.63) is 23.8 Å². The minimum absolute atomic E-state index is 0.000631. The van der Waals surface area contributed by atoms with Gasteiger partial charge in [-0.2, -0.15) is 0 Å². The van der Waals surface area contributed by atoms with Gasteiger partial charge in [0.1, 0.15) is 5.60 Å². The zero-order valence-electron chi connectivity index (χ0n) is 17.5. The highest BCUT2D eigenvalue weighted by molar-refractivity contribution is 6.34. The van der Waals surface area contributed by atoms with Crippen molar-refractivity contribution in [3.63, 3.8) is 0 Å². The summed E-state index contributed by atoms with van der Waals surface area (Å²) in [7, 11) is 0. The SMILES string of the molecule is CC(=O)OCC(=O)[C@@]1(O)CC[C@@H]2[C@@H]3CCC4=CC(=O)C=C[C@]4(C)[C@@]3(Cl)[C@@H](Cl)C[C@@]21C. The number of rotatable bonds is 3. The van der Waals surface area contributed by atoms with E-state index in [9.17, 15) is 19.5 Å². The van der Waals surface area contributed by atoms with Gasteiger partial charge >= 0.3 is 5.97 Å². The Morgan fingerprint density at radius 2 is 1.97 bits per heavy atom. The molecule has 30 heavy (non-hydrogen) atoms. The van der Waals surface area contributed by atoms with Crippen molar-refractivity contribution in [2.24, 2.45) is 22.7 Å². The number of carbonyl (C=O) groups excluding carboxylic acids is 3. The van der Waals surface area contributed by atoms with Gasteiger partial charge in [0, 0.05) is 17.8 Å². The number of carbonyl (C=O) groups is 3. The topological polar surface area (TPSA) is 80.7 Å². The van der Waals surface area contributed by atoms with Crippen molar-refractivity contribution >= 4 is 40.7 Å². The summed E-state index contributed by atoms with van der Waals surface area (Å²) in [4.78, 5) is 35.3. The van der Waals surface area contributed by atoms with Crippen LogP contribution in [-0.4, -0.2) is 45.1 Å². The number of ketones is 2. The van der Waals surface area contributed by atoms with Crippen LogP contribution in [0.3, 0.4) is 0 Å². The monoisotopic (exact) mass is 454 g/mol. The van der Waals surface area contributed by atoms with Crippen LogP contribution in [0.2, 0.25) is 0 Å². The van der Waals surface area contributed by atoms with Gasteiger partial charge in [-0.25, -0.2) is 0 Å². The molecular weight excluding hydrogens is 427 g/mol. The van der Waals surface area contributed by atoms with Crippen LogP contribution in [0.25, 0.3) is 0 Å². The third kappa shape index (κ3) is 2.67. The predicted molar refractivity (Wildman–Crippen MR) is 113 cm³/mol. The van der Waals surface area contributed by atoms with Crippen LogP contribution in [0.4, 0.5) is 0 Å². The van der Waals surface area contributed by atoms with Crippen molar-refractivity contribution in [2.75, 3.05) is 6.61 Å². The molecule has 0 aromatic rings. The summed E-state index contributed by atoms with van der Waals surface area (Å²) in [6.45, 7) is 4.78. The summed E-state index contributed by atoms with van der Waals surface area (Å²) in [5.41, 5.74) is -1.91. The Hall–Kier alpha value is -1.17. The zero-order valence-corrected chi connectivity index (χ0v) is 19.1. The van der Waals surface area contributed by atoms with Crippen molar-refractivity contribution in [1.82, 2.24) is 0 Å². The zero-order chi connectivity index (χ0) is 22.1. The number of halogens is 2. The fourth-order valence-electron chi connectivity index (χ4n) is 6.89. The van der Waals surface area contributed by atoms with E-state index in [-0.39, 0.29) is 17.6 Å². The quantitative estimate of drug-likeness (QED) is 0.518. The van der Waals surface area contributed by atoms with Crippen LogP contribution in [0.15, 0.2) is 23.8 Å². The number of allylic oxidation sites excluding steroid dienone is 4. The summed E-state index contributed by atoms with van der Waals surface area (Å²) < 4.78 is 4.90. The number of hydrogen-bond acceptors (Lipinski definition) is 5. The Morgan fingerprint density at radius 1 is 1.27 bits per heavy atom. The molecule has 3 saturated carbocycles. The van der Waals surface area contributed by atoms with E-state index < -0.39 is 45.0 Å². The second-order valence-corrected chi connectivity index (χ2v) is 11.0. The molecule has 0 bridgehead atoms. The maximum absolute atomic E-state index is 12.9. The van der Waals surface area contributed by atoms with Crippen LogP contribution in [0.1, 0.15) is 52.9 Å². The van der Waals surface area contributed by atoms with Gasteiger partial charge in [-0.3, -0.25) is 14.4 Å². The Bertz CT molecular complexity index is 881. The Balaban J connectivity index is 1.72. The van der Waals surface area contributed by atoms with Crippen molar-refractivity contribution in [2.45, 2.75) is 68.7 Å². The molecule has 7 atom stereocenters. The number of fused-ring (bicyclic) bond motifs is 5. The minimum atomic E-state index is -1.60. The summed E-state index contributed by atoms with van der Waals surface area (Å²) >= 11 is 14.4. The van der Waals surface area contributed by atoms with Crippen molar-refractivity contribution in [1.29, 1.82) is 0 Å². The van der Waals surface area contributed by atoms with Gasteiger partial charge < -0.3 is 9.84 Å². The lowest BCUT2D eigenvalue weighted by Gasteiger charge is -2.63. The molecule has 0 heterocycles. The fourth-order valence-corrected chi connectivity index (χ4v) is 8.13. The second-order valence-electron chi connectivity index (χ2n) is 9.82. The van der Waals surface area contributed by atoms with E-state index in [2.05, 4.69) is 0 Å². The highest BCUT2D eigenvalue weighted by Crippen LogP contribution is 2.71. The lowest BCUT2D eigenvalue weighted by Crippen LogP contribution is -2.67. The third-order valence-corrected chi connectivity index (χ3v) is 10.2. The van der Waals surface area contributed by atoms with Gasteiger partial charge in [-0.15, -0.1) is 23.2 Å². The van der Waals surface area contributed by atoms with E-state index in [0.29, 0.717) is 19.3 Å². The number of esters is 1. The molecule has 3 fully saturated rings. The first-order valence-electron chi connectivity index (χ1n) is 10.6. The van der Waals surface area contributed by atoms with E-state index >= 15 is 0 Å². The van der Waals surface area contributed by atoms with Crippen LogP contribution < -0.4 is 0 Å². The van der Waals surface area contributed by atoms with E-state index in [1.54, 1.807) is 12.2 Å². The van der Waals surface area contributed by atoms with Crippen molar-refractivity contribution in [3.8, 4) is 0 Å². The summed E-state index contributed by atoms with van der Waals surface area (Å²) in [5, 5.41) is 11.0. The minimum Gasteiger partial charge on any atom is -0.458 e. The first-order valence-corrected chi connectivity index (χ1v) is 11.4. The van der Waals surface area contributed by atoms with Gasteiger partial charge in [0.05, 0.1) is 10.3 Å². The molecule has 0 saturated heterocycles. The average Bonchev–Trinajstić information content (AvgIpc) is 2.94. The maximum Gasteiger partial charge on any atom is 0.303 e. The normalized spacial score (nSPS) is 47.1. The van der Waals surface area contributed by atoms with Gasteiger partial charge in [0.25, 0.3) is 0 Å². The number of aliphatic hydroxyl groups is 1. The first-order chi connectivity index (χ1) is 13.9. The molecule has 4 aliphatic carbocycles. The number of Topliss-reactive ketones (excluding diaryl/α,β-unsaturated/α-hetero) is 1. The number of hydrogen-bond donors (Lipinski definition) is 1. The smallest absolute Gasteiger partial charge is 0.303 e. The molecule has 0 aromatic carbocycles. The molecule has 4 rings (SSSR count). The molecule has 5 nitrogen and oxygen atoms in total. The molecule has 0 aliphatic heterocycles. The molecule has 0 amide bonds. The van der Waals surface area contributed by atoms with E-state index in [1.165, 1.54) is 6.92 Å². The van der Waals surface area contributed by atoms with Gasteiger partial charge in [0.2, 0.25) is 5.78 Å². The Kier molecular flexibility index (Phi) is 5.08. The second kappa shape index (κ2) is 6.91. The summed E-state index contributed by atoms with van der Waals surface area (Å²) in [5.74, 6) is -1.07. The molecule has 1 N–H and O–H groups in total. The highest BCUT2D eigenvalue weighted by Gasteiger charge is 2.72. The van der Waals surface area contributed by atoms with E-state index in [4.69, 9.17) is 27.9 Å². The Morgan fingerprint density at radius 3 is 2.63 bits per heavy atom. The maximum atomic E-state index is 12.9. The molecule has 0 radical (unpaired) electrons. The first kappa shape index (κ1) is 22.0. The van der Waals surface area contributed by atoms with Crippen LogP contribution in [0, 0.1) is 22.7 Å². The average molecular weight is 455 g/mol. The van der Waals surface area contributed by atoms with Crippen LogP contribution >= 0.6 is 23.2 Å². The van der Waals surface area contributed by atoms with Gasteiger partial charge in [-0.1, -0.05) is 25.5 Å². The Labute approximate surface area is 186 Å². The molecule has 164 valence electrons. The summed E-state index contributed by atoms with van der Waals surface area (Å²) in [6.07, 6.45) is 7.97. The largest absolute Gasteiger partial charge is 0.458 e. The predicted octanol–water partition coefficient (Wildman–Crippen LogP) is 3.74. The standard InChI is InChI=1S/C23H28Cl2O5/c1-13(26)30-12-19(28)22(29)9-7-16-17-5-4-14-10-15(27)6-8-20(14,2)23(17,25)18(24)11-21(16,22)3/h6,8,10,16-18,29H,4-5,7,9,11-12H2,1-3H3/t16-,17+,18+,20+,21+,22+,23+/m1/s1. The molecular formula is C23H28Cl2O5.